The molecule has 190 valence electrons. The molecule has 0 spiro atoms. The van der Waals surface area contributed by atoms with E-state index in [1.807, 2.05) is 13.8 Å². The van der Waals surface area contributed by atoms with Crippen molar-refractivity contribution in [2.45, 2.75) is 160 Å². The normalized spacial score (nSPS) is 12.5. The number of nitrogens with zero attached hydrogens (tertiary/aromatic N) is 1. The van der Waals surface area contributed by atoms with Gasteiger partial charge in [-0.3, -0.25) is 4.79 Å². The van der Waals surface area contributed by atoms with Crippen LogP contribution < -0.4 is 0 Å². The van der Waals surface area contributed by atoms with Crippen molar-refractivity contribution >= 4 is 5.91 Å². The molecule has 2 heteroatoms. The van der Waals surface area contributed by atoms with Gasteiger partial charge in [0.15, 0.2) is 0 Å². The third-order valence-corrected chi connectivity index (χ3v) is 9.07. The first-order valence-corrected chi connectivity index (χ1v) is 13.2. The minimum Gasteiger partial charge on any atom is -0.340 e. The number of carbonyl (C=O) groups excluding carboxylic acids is 1. The molecular weight excluding hydrogens is 378 g/mol. The van der Waals surface area contributed by atoms with E-state index in [9.17, 15) is 4.79 Å². The Kier molecular flexibility index (Phi) is 17.3. The van der Waals surface area contributed by atoms with Crippen LogP contribution >= 0.6 is 0 Å². The molecule has 0 heterocycles. The van der Waals surface area contributed by atoms with Gasteiger partial charge in [-0.25, -0.2) is 0 Å². The first kappa shape index (κ1) is 35.1. The van der Waals surface area contributed by atoms with Crippen LogP contribution in [0, 0.1) is 16.2 Å². The summed E-state index contributed by atoms with van der Waals surface area (Å²) < 4.78 is 0. The van der Waals surface area contributed by atoms with Crippen LogP contribution in [-0.2, 0) is 4.79 Å². The van der Waals surface area contributed by atoms with Crippen molar-refractivity contribution in [3.63, 3.8) is 0 Å². The van der Waals surface area contributed by atoms with E-state index in [2.05, 4.69) is 81.2 Å². The van der Waals surface area contributed by atoms with E-state index in [0.717, 1.165) is 51.4 Å². The zero-order chi connectivity index (χ0) is 24.2. The third-order valence-electron chi connectivity index (χ3n) is 9.07. The van der Waals surface area contributed by atoms with E-state index < -0.39 is 0 Å². The predicted octanol–water partition coefficient (Wildman–Crippen LogP) is 9.91. The molecule has 0 N–H and O–H groups in total. The molecule has 0 aromatic rings. The number of hydrogen-bond acceptors (Lipinski definition) is 1. The summed E-state index contributed by atoms with van der Waals surface area (Å²) in [5.74, 6) is 0.392. The lowest BCUT2D eigenvalue weighted by atomic mass is 9.65. The Morgan fingerprint density at radius 3 is 1.19 bits per heavy atom. The minimum atomic E-state index is -0.236. The van der Waals surface area contributed by atoms with Crippen molar-refractivity contribution in [3.8, 4) is 0 Å². The van der Waals surface area contributed by atoms with Gasteiger partial charge < -0.3 is 4.90 Å². The molecule has 2 nitrogen and oxygen atoms in total. The highest BCUT2D eigenvalue weighted by Crippen LogP contribution is 2.47. The highest BCUT2D eigenvalue weighted by Gasteiger charge is 2.47. The molecule has 0 aromatic heterocycles. The molecule has 0 bridgehead atoms. The van der Waals surface area contributed by atoms with Gasteiger partial charge in [-0.2, -0.15) is 0 Å². The fraction of sp³-hybridized carbons (Fsp3) is 0.966. The summed E-state index contributed by atoms with van der Waals surface area (Å²) in [5.41, 5.74) is 0.260. The van der Waals surface area contributed by atoms with Gasteiger partial charge in [-0.1, -0.05) is 116 Å². The second kappa shape index (κ2) is 15.3. The van der Waals surface area contributed by atoms with Crippen LogP contribution in [0.15, 0.2) is 0 Å². The van der Waals surface area contributed by atoms with Crippen molar-refractivity contribution < 1.29 is 4.79 Å². The fourth-order valence-electron chi connectivity index (χ4n) is 5.15. The molecule has 0 aromatic carbocycles. The van der Waals surface area contributed by atoms with Gasteiger partial charge in [0.05, 0.1) is 0 Å². The lowest BCUT2D eigenvalue weighted by Gasteiger charge is -2.50. The number of carbonyl (C=O) groups is 1. The molecule has 0 rings (SSSR count). The van der Waals surface area contributed by atoms with Gasteiger partial charge >= 0.3 is 0 Å². The first-order valence-electron chi connectivity index (χ1n) is 13.2. The summed E-state index contributed by atoms with van der Waals surface area (Å²) in [6, 6.07) is 0. The zero-order valence-corrected chi connectivity index (χ0v) is 23.4. The van der Waals surface area contributed by atoms with E-state index in [0.29, 0.717) is 11.3 Å². The Morgan fingerprint density at radius 1 is 0.613 bits per heavy atom. The molecule has 0 aliphatic heterocycles. The van der Waals surface area contributed by atoms with Crippen LogP contribution in [0.4, 0.5) is 0 Å². The third kappa shape index (κ3) is 8.39. The topological polar surface area (TPSA) is 20.3 Å². The Morgan fingerprint density at radius 2 is 0.935 bits per heavy atom. The predicted molar refractivity (Wildman–Crippen MR) is 144 cm³/mol. The molecule has 0 aliphatic rings. The summed E-state index contributed by atoms with van der Waals surface area (Å²) in [4.78, 5) is 16.3. The number of amides is 1. The first-order chi connectivity index (χ1) is 14.0. The van der Waals surface area contributed by atoms with E-state index >= 15 is 0 Å². The van der Waals surface area contributed by atoms with E-state index in [-0.39, 0.29) is 23.8 Å². The quantitative estimate of drug-likeness (QED) is 0.262. The van der Waals surface area contributed by atoms with E-state index in [4.69, 9.17) is 0 Å². The number of rotatable bonds is 14. The molecule has 0 saturated carbocycles. The summed E-state index contributed by atoms with van der Waals surface area (Å²) in [5, 5.41) is 0. The average molecular weight is 442 g/mol. The molecule has 0 radical (unpaired) electrons. The molecular formula is C29H63NO. The van der Waals surface area contributed by atoms with E-state index in [1.54, 1.807) is 0 Å². The Bertz CT molecular complexity index is 451. The summed E-state index contributed by atoms with van der Waals surface area (Å²) in [7, 11) is 2.11. The summed E-state index contributed by atoms with van der Waals surface area (Å²) in [6.45, 7) is 27.0. The van der Waals surface area contributed by atoms with Crippen LogP contribution in [0.2, 0.25) is 0 Å². The van der Waals surface area contributed by atoms with Crippen LogP contribution in [0.25, 0.3) is 0 Å². The Hall–Kier alpha value is -0.530. The van der Waals surface area contributed by atoms with Crippen LogP contribution in [0.3, 0.4) is 0 Å². The molecule has 0 atom stereocenters. The SMILES string of the molecule is C.CC.CCC(C)(CC)CC(CC)(CC)C(=O)N(C)C(CC)(CC)CC(C)(CC)CC. The molecule has 0 unspecified atom stereocenters. The fourth-order valence-corrected chi connectivity index (χ4v) is 5.15. The smallest absolute Gasteiger partial charge is 0.228 e. The second-order valence-corrected chi connectivity index (χ2v) is 10.2. The second-order valence-electron chi connectivity index (χ2n) is 10.2. The van der Waals surface area contributed by atoms with Crippen LogP contribution in [0.1, 0.15) is 155 Å². The molecule has 0 aliphatic carbocycles. The van der Waals surface area contributed by atoms with Gasteiger partial charge in [-0.15, -0.1) is 0 Å². The summed E-state index contributed by atoms with van der Waals surface area (Å²) in [6.07, 6.45) is 10.7. The van der Waals surface area contributed by atoms with Crippen molar-refractivity contribution in [2.75, 3.05) is 7.05 Å². The van der Waals surface area contributed by atoms with Crippen molar-refractivity contribution in [2.24, 2.45) is 16.2 Å². The van der Waals surface area contributed by atoms with Gasteiger partial charge in [0, 0.05) is 18.0 Å². The number of hydrogen-bond donors (Lipinski definition) is 0. The highest BCUT2D eigenvalue weighted by atomic mass is 16.2. The summed E-state index contributed by atoms with van der Waals surface area (Å²) >= 11 is 0. The standard InChI is InChI=1S/C26H53NO.C2H6.CH4/c1-12-23(9,13-2)20-25(16-5,17-6)22(28)27(11)26(18-7,19-8)21-24(10,14-3)15-4;1-2;/h12-21H2,1-11H3;1-2H3;1H4. The maximum Gasteiger partial charge on any atom is 0.228 e. The molecule has 1 amide bonds. The lowest BCUT2D eigenvalue weighted by Crippen LogP contribution is -2.56. The van der Waals surface area contributed by atoms with Crippen LogP contribution in [0.5, 0.6) is 0 Å². The lowest BCUT2D eigenvalue weighted by molar-refractivity contribution is -0.152. The maximum atomic E-state index is 14.1. The van der Waals surface area contributed by atoms with Crippen molar-refractivity contribution in [1.82, 2.24) is 4.90 Å². The average Bonchev–Trinajstić information content (AvgIpc) is 2.81. The Balaban J connectivity index is -0.00000253. The van der Waals surface area contributed by atoms with Crippen molar-refractivity contribution in [1.29, 1.82) is 0 Å². The largest absolute Gasteiger partial charge is 0.340 e. The van der Waals surface area contributed by atoms with Crippen molar-refractivity contribution in [3.05, 3.63) is 0 Å². The monoisotopic (exact) mass is 441 g/mol. The van der Waals surface area contributed by atoms with E-state index in [1.165, 1.54) is 12.8 Å². The molecule has 0 fully saturated rings. The minimum absolute atomic E-state index is 0. The van der Waals surface area contributed by atoms with Crippen LogP contribution in [-0.4, -0.2) is 23.4 Å². The molecule has 31 heavy (non-hydrogen) atoms. The highest BCUT2D eigenvalue weighted by molar-refractivity contribution is 5.83. The maximum absolute atomic E-state index is 14.1. The van der Waals surface area contributed by atoms with Gasteiger partial charge in [0.1, 0.15) is 0 Å². The zero-order valence-electron chi connectivity index (χ0n) is 23.4. The van der Waals surface area contributed by atoms with Gasteiger partial charge in [0.25, 0.3) is 0 Å². The van der Waals surface area contributed by atoms with Gasteiger partial charge in [-0.05, 0) is 49.4 Å². The molecule has 0 saturated heterocycles. The van der Waals surface area contributed by atoms with Gasteiger partial charge in [0.2, 0.25) is 5.91 Å². The Labute approximate surface area is 199 Å².